The van der Waals surface area contributed by atoms with Crippen molar-refractivity contribution in [2.45, 2.75) is 180 Å². The van der Waals surface area contributed by atoms with Gasteiger partial charge in [0.05, 0.1) is 4.75 Å². The molecular formula is C38H78N11O7PS. The normalized spacial score (nSPS) is 13.8. The molecule has 18 nitrogen and oxygen atoms in total. The molecule has 2 aromatic heterocycles. The monoisotopic (exact) mass is 864 g/mol. The third-order valence-corrected chi connectivity index (χ3v) is 12.2. The van der Waals surface area contributed by atoms with Gasteiger partial charge in [-0.15, -0.1) is 20.4 Å². The first-order valence-corrected chi connectivity index (χ1v) is 22.5. The van der Waals surface area contributed by atoms with Gasteiger partial charge < -0.3 is 4.89 Å². The van der Waals surface area contributed by atoms with Crippen LogP contribution in [0.4, 0.5) is 0 Å². The molecule has 20 heteroatoms. The minimum atomic E-state index is -2.85. The van der Waals surface area contributed by atoms with Crippen LogP contribution in [0.3, 0.4) is 0 Å². The van der Waals surface area contributed by atoms with Gasteiger partial charge in [0, 0.05) is 40.2 Å². The van der Waals surface area contributed by atoms with Crippen LogP contribution in [-0.4, -0.2) is 106 Å². The fourth-order valence-electron chi connectivity index (χ4n) is 2.41. The number of rotatable bonds is 5. The first kappa shape index (κ1) is 61.2. The highest BCUT2D eigenvalue weighted by Gasteiger charge is 2.28. The van der Waals surface area contributed by atoms with E-state index in [0.717, 1.165) is 11.7 Å². The van der Waals surface area contributed by atoms with E-state index in [0.29, 0.717) is 18.4 Å². The molecule has 3 heterocycles. The van der Waals surface area contributed by atoms with Crippen molar-refractivity contribution in [3.05, 3.63) is 11.6 Å². The molecule has 0 radical (unpaired) electrons. The third-order valence-electron chi connectivity index (χ3n) is 7.46. The Morgan fingerprint density at radius 2 is 1.21 bits per heavy atom. The average Bonchev–Trinajstić information content (AvgIpc) is 3.74. The molecule has 1 aliphatic heterocycles. The van der Waals surface area contributed by atoms with Crippen LogP contribution in [0, 0.1) is 11.3 Å². The van der Waals surface area contributed by atoms with Crippen LogP contribution < -0.4 is 0 Å². The lowest BCUT2D eigenvalue weighted by Gasteiger charge is -2.21. The number of aliphatic imine (C=N–C) groups is 1. The van der Waals surface area contributed by atoms with Gasteiger partial charge >= 0.3 is 0 Å². The van der Waals surface area contributed by atoms with Crippen LogP contribution in [0.15, 0.2) is 15.2 Å². The number of ketones is 3. The predicted octanol–water partition coefficient (Wildman–Crippen LogP) is 7.36. The molecule has 0 fully saturated rings. The Bertz CT molecular complexity index is 1780. The summed E-state index contributed by atoms with van der Waals surface area (Å²) in [5.41, 5.74) is -0.381. The van der Waals surface area contributed by atoms with Crippen molar-refractivity contribution in [2.75, 3.05) is 19.6 Å². The fourth-order valence-corrected chi connectivity index (χ4v) is 2.41. The molecule has 58 heavy (non-hydrogen) atoms. The molecule has 0 spiro atoms. The molecule has 0 aromatic carbocycles. The summed E-state index contributed by atoms with van der Waals surface area (Å²) in [6.45, 7) is 39.2. The lowest BCUT2D eigenvalue weighted by molar-refractivity contribution is -0.124. The molecule has 0 saturated heterocycles. The Hall–Kier alpha value is -3.44. The molecule has 338 valence electrons. The SMILES string of the molecule is C.CC(=O)C(C)(C)C.CC(=O)Cn1nnc(C(C)(C)C)n1.CC(=O)Cn1nnnc1C(C)(C)C.CC(C)(C)P(C)(=O)O.CC(C)(C)S(C)(=O)=O.CC(C)C1=NCN=N1. The molecule has 0 bridgehead atoms. The topological polar surface area (TPSA) is 247 Å². The lowest BCUT2D eigenvalue weighted by atomic mass is 9.92. The molecule has 3 rings (SSSR count). The summed E-state index contributed by atoms with van der Waals surface area (Å²) in [6.07, 6.45) is 1.24. The maximum absolute atomic E-state index is 10.9. The van der Waals surface area contributed by atoms with Crippen molar-refractivity contribution in [3.8, 4) is 0 Å². The van der Waals surface area contributed by atoms with E-state index in [4.69, 9.17) is 4.89 Å². The summed E-state index contributed by atoms with van der Waals surface area (Å²) in [7, 11) is -5.69. The van der Waals surface area contributed by atoms with E-state index < -0.39 is 27.1 Å². The van der Waals surface area contributed by atoms with Crippen LogP contribution in [0.1, 0.15) is 158 Å². The number of carbonyl (C=O) groups excluding carboxylic acids is 3. The lowest BCUT2D eigenvalue weighted by Crippen LogP contribution is -2.26. The predicted molar refractivity (Wildman–Crippen MR) is 233 cm³/mol. The number of azo groups is 1. The zero-order valence-corrected chi connectivity index (χ0v) is 40.6. The quantitative estimate of drug-likeness (QED) is 0.289. The summed E-state index contributed by atoms with van der Waals surface area (Å²) in [5.74, 6) is 3.03. The Morgan fingerprint density at radius 1 is 0.793 bits per heavy atom. The van der Waals surface area contributed by atoms with E-state index in [1.54, 1.807) is 53.1 Å². The first-order chi connectivity index (χ1) is 25.1. The number of sulfone groups is 1. The van der Waals surface area contributed by atoms with Crippen LogP contribution in [-0.2, 0) is 52.7 Å². The summed E-state index contributed by atoms with van der Waals surface area (Å²) >= 11 is 0. The third kappa shape index (κ3) is 28.1. The van der Waals surface area contributed by atoms with E-state index >= 15 is 0 Å². The number of amidine groups is 1. The molecular weight excluding hydrogens is 786 g/mol. The van der Waals surface area contributed by atoms with Crippen molar-refractivity contribution in [1.82, 2.24) is 40.4 Å². The fraction of sp³-hybridized carbons (Fsp3) is 0.842. The van der Waals surface area contributed by atoms with Gasteiger partial charge in [0.2, 0.25) is 7.37 Å². The Kier molecular flexibility index (Phi) is 26.0. The maximum atomic E-state index is 10.9. The van der Waals surface area contributed by atoms with E-state index in [9.17, 15) is 27.4 Å². The Morgan fingerprint density at radius 3 is 1.43 bits per heavy atom. The van der Waals surface area contributed by atoms with Gasteiger partial charge in [0.25, 0.3) is 0 Å². The minimum Gasteiger partial charge on any atom is -0.344 e. The number of aromatic nitrogens is 8. The average molecular weight is 864 g/mol. The van der Waals surface area contributed by atoms with Gasteiger partial charge in [-0.3, -0.25) is 18.9 Å². The van der Waals surface area contributed by atoms with Crippen LogP contribution >= 0.6 is 7.37 Å². The number of carbonyl (C=O) groups is 3. The standard InChI is InChI=1S/2C8H14N4O.C6H12O.C5H9N3.C5H13O2P.C5H12O2S.CH4/c1-6(13)5-12-7(8(2,3)4)9-10-11-12;1-6(13)5-12-10-7(9-11-12)8(2,3)4;1-5(7)6(2,3)4;1-4(2)5-6-3-7-8-5;2*1-5(2,3)8(4,6)7;/h2*5H2,1-4H3;1-4H3;4H,3H2,1-2H3;1-4H3,(H,6,7);1-4H3;1H4. The minimum absolute atomic E-state index is 0. The highest BCUT2D eigenvalue weighted by Crippen LogP contribution is 2.49. The van der Waals surface area contributed by atoms with Gasteiger partial charge in [0.15, 0.2) is 39.7 Å². The van der Waals surface area contributed by atoms with Crippen molar-refractivity contribution >= 4 is 40.4 Å². The van der Waals surface area contributed by atoms with Crippen molar-refractivity contribution in [1.29, 1.82) is 0 Å². The summed E-state index contributed by atoms with van der Waals surface area (Å²) in [6, 6.07) is 0. The second kappa shape index (κ2) is 24.6. The second-order valence-corrected chi connectivity index (χ2v) is 24.9. The van der Waals surface area contributed by atoms with Crippen molar-refractivity contribution in [3.63, 3.8) is 0 Å². The summed E-state index contributed by atoms with van der Waals surface area (Å²) in [4.78, 5) is 46.3. The largest absolute Gasteiger partial charge is 0.344 e. The van der Waals surface area contributed by atoms with E-state index in [2.05, 4.69) is 60.0 Å². The molecule has 1 aliphatic rings. The Balaban J connectivity index is -0.000000307. The van der Waals surface area contributed by atoms with E-state index in [1.165, 1.54) is 31.6 Å². The number of tetrazole rings is 2. The number of Topliss-reactive ketones (excluding diaryl/α,β-unsaturated/α-hetero) is 3. The van der Waals surface area contributed by atoms with Gasteiger partial charge in [-0.25, -0.2) is 18.1 Å². The van der Waals surface area contributed by atoms with Gasteiger partial charge in [-0.2, -0.15) is 9.91 Å². The van der Waals surface area contributed by atoms with Gasteiger partial charge in [-0.05, 0) is 57.2 Å². The smallest absolute Gasteiger partial charge is 0.202 e. The molecule has 0 amide bonds. The molecule has 0 saturated carbocycles. The van der Waals surface area contributed by atoms with Gasteiger partial charge in [0.1, 0.15) is 24.7 Å². The zero-order chi connectivity index (χ0) is 46.2. The first-order valence-electron chi connectivity index (χ1n) is 18.5. The second-order valence-electron chi connectivity index (χ2n) is 19.0. The molecule has 0 aliphatic carbocycles. The Labute approximate surface area is 349 Å². The van der Waals surface area contributed by atoms with Crippen LogP contribution in [0.25, 0.3) is 0 Å². The van der Waals surface area contributed by atoms with E-state index in [1.807, 2.05) is 62.3 Å². The number of nitrogens with zero attached hydrogens (tertiary/aromatic N) is 11. The van der Waals surface area contributed by atoms with Crippen LogP contribution in [0.5, 0.6) is 0 Å². The number of hydrogen-bond acceptors (Lipinski definition) is 15. The molecule has 2 aromatic rings. The summed E-state index contributed by atoms with van der Waals surface area (Å²) in [5, 5.41) is 30.0. The summed E-state index contributed by atoms with van der Waals surface area (Å²) < 4.78 is 33.1. The zero-order valence-electron chi connectivity index (χ0n) is 38.9. The molecule has 1 atom stereocenters. The highest BCUT2D eigenvalue weighted by atomic mass is 32.2. The van der Waals surface area contributed by atoms with Crippen molar-refractivity contribution < 1.29 is 32.3 Å². The number of hydrogen-bond donors (Lipinski definition) is 1. The highest BCUT2D eigenvalue weighted by molar-refractivity contribution is 7.92. The molecule has 1 N–H and O–H groups in total. The van der Waals surface area contributed by atoms with Crippen molar-refractivity contribution in [2.24, 2.45) is 26.6 Å². The maximum Gasteiger partial charge on any atom is 0.202 e. The van der Waals surface area contributed by atoms with Crippen LogP contribution in [0.2, 0.25) is 0 Å². The van der Waals surface area contributed by atoms with Gasteiger partial charge in [-0.1, -0.05) is 104 Å². The van der Waals surface area contributed by atoms with E-state index in [-0.39, 0.29) is 54.1 Å². The molecule has 1 unspecified atom stereocenters.